The molecule has 1 aromatic carbocycles. The molecule has 0 saturated carbocycles. The lowest BCUT2D eigenvalue weighted by Crippen LogP contribution is -2.22. The summed E-state index contributed by atoms with van der Waals surface area (Å²) in [6, 6.07) is 10.8. The average molecular weight is 431 g/mol. The lowest BCUT2D eigenvalue weighted by atomic mass is 10.1. The average Bonchev–Trinajstić information content (AvgIpc) is 3.37. The maximum atomic E-state index is 12.5. The first-order valence-electron chi connectivity index (χ1n) is 9.37. The van der Waals surface area contributed by atoms with Crippen molar-refractivity contribution in [3.8, 4) is 5.75 Å². The van der Waals surface area contributed by atoms with Crippen LogP contribution in [0.4, 0.5) is 5.00 Å². The van der Waals surface area contributed by atoms with Crippen molar-refractivity contribution in [3.63, 3.8) is 0 Å². The molecule has 152 valence electrons. The highest BCUT2D eigenvalue weighted by atomic mass is 35.5. The molecule has 0 bridgehead atoms. The molecule has 0 saturated heterocycles. The van der Waals surface area contributed by atoms with Gasteiger partial charge >= 0.3 is 0 Å². The number of carbonyl (C=O) groups is 1. The number of ether oxygens (including phenoxy) is 1. The number of nitrogens with zero attached hydrogens (tertiary/aromatic N) is 1. The molecule has 2 aromatic heterocycles. The van der Waals surface area contributed by atoms with Crippen molar-refractivity contribution in [2.45, 2.75) is 26.8 Å². The number of hydrogen-bond donors (Lipinski definition) is 1. The Balaban J connectivity index is 1.71. The third-order valence-electron chi connectivity index (χ3n) is 4.14. The summed E-state index contributed by atoms with van der Waals surface area (Å²) in [7, 11) is 0. The molecule has 0 aliphatic rings. The normalized spacial score (nSPS) is 11.3. The third-order valence-corrected chi connectivity index (χ3v) is 5.19. The predicted octanol–water partition coefficient (Wildman–Crippen LogP) is 6.10. The number of rotatable bonds is 9. The van der Waals surface area contributed by atoms with Gasteiger partial charge in [-0.3, -0.25) is 4.79 Å². The number of hydrogen-bond acceptors (Lipinski definition) is 5. The van der Waals surface area contributed by atoms with E-state index >= 15 is 0 Å². The van der Waals surface area contributed by atoms with Gasteiger partial charge in [-0.1, -0.05) is 25.4 Å². The second-order valence-corrected chi connectivity index (χ2v) is 8.20. The maximum absolute atomic E-state index is 12.5. The summed E-state index contributed by atoms with van der Waals surface area (Å²) >= 11 is 7.54. The zero-order valence-corrected chi connectivity index (χ0v) is 17.9. The highest BCUT2D eigenvalue weighted by Crippen LogP contribution is 2.28. The molecule has 7 heteroatoms. The fraction of sp³-hybridized carbons (Fsp3) is 0.273. The van der Waals surface area contributed by atoms with Gasteiger partial charge in [-0.05, 0) is 54.1 Å². The van der Waals surface area contributed by atoms with E-state index in [0.29, 0.717) is 40.4 Å². The number of aliphatic imine (C=N–C) groups is 1. The van der Waals surface area contributed by atoms with Gasteiger partial charge in [0.1, 0.15) is 16.5 Å². The Hall–Kier alpha value is -2.57. The first-order valence-corrected chi connectivity index (χ1v) is 10.6. The van der Waals surface area contributed by atoms with E-state index in [0.717, 1.165) is 17.7 Å². The quantitative estimate of drug-likeness (QED) is 0.417. The van der Waals surface area contributed by atoms with Crippen molar-refractivity contribution in [1.29, 1.82) is 0 Å². The minimum absolute atomic E-state index is 0.200. The number of carbonyl (C=O) groups excluding carboxylic acids is 1. The van der Waals surface area contributed by atoms with E-state index in [1.807, 2.05) is 17.5 Å². The van der Waals surface area contributed by atoms with Crippen molar-refractivity contribution in [1.82, 2.24) is 5.32 Å². The molecular weight excluding hydrogens is 408 g/mol. The van der Waals surface area contributed by atoms with E-state index in [2.05, 4.69) is 24.2 Å². The Bertz CT molecular complexity index is 964. The van der Waals surface area contributed by atoms with Gasteiger partial charge in [-0.2, -0.15) is 0 Å². The number of benzene rings is 1. The second kappa shape index (κ2) is 10.3. The van der Waals surface area contributed by atoms with Gasteiger partial charge in [0.05, 0.1) is 25.0 Å². The minimum atomic E-state index is -0.200. The Morgan fingerprint density at radius 1 is 1.34 bits per heavy atom. The molecule has 0 fully saturated rings. The summed E-state index contributed by atoms with van der Waals surface area (Å²) in [5.41, 5.74) is 1.29. The summed E-state index contributed by atoms with van der Waals surface area (Å²) in [5, 5.41) is 5.90. The summed E-state index contributed by atoms with van der Waals surface area (Å²) in [6.45, 7) is 5.26. The number of amides is 1. The summed E-state index contributed by atoms with van der Waals surface area (Å²) < 4.78 is 11.1. The van der Waals surface area contributed by atoms with Crippen LogP contribution in [0.15, 0.2) is 57.5 Å². The van der Waals surface area contributed by atoms with E-state index in [4.69, 9.17) is 20.8 Å². The molecular formula is C22H23ClN2O3S. The van der Waals surface area contributed by atoms with Crippen LogP contribution in [-0.4, -0.2) is 18.7 Å². The largest absolute Gasteiger partial charge is 0.493 e. The summed E-state index contributed by atoms with van der Waals surface area (Å²) in [4.78, 5) is 17.0. The Labute approximate surface area is 179 Å². The van der Waals surface area contributed by atoms with E-state index in [9.17, 15) is 4.79 Å². The van der Waals surface area contributed by atoms with Crippen LogP contribution < -0.4 is 10.1 Å². The van der Waals surface area contributed by atoms with E-state index in [1.54, 1.807) is 36.7 Å². The highest BCUT2D eigenvalue weighted by molar-refractivity contribution is 7.14. The minimum Gasteiger partial charge on any atom is -0.493 e. The van der Waals surface area contributed by atoms with Crippen LogP contribution in [-0.2, 0) is 6.54 Å². The number of furan rings is 1. The topological polar surface area (TPSA) is 63.8 Å². The van der Waals surface area contributed by atoms with Gasteiger partial charge in [0, 0.05) is 16.8 Å². The number of halogens is 1. The van der Waals surface area contributed by atoms with E-state index in [-0.39, 0.29) is 5.91 Å². The third kappa shape index (κ3) is 6.21. The molecule has 0 aliphatic carbocycles. The lowest BCUT2D eigenvalue weighted by Gasteiger charge is -2.10. The van der Waals surface area contributed by atoms with Crippen LogP contribution in [0.1, 0.15) is 41.9 Å². The first-order chi connectivity index (χ1) is 14.0. The van der Waals surface area contributed by atoms with Crippen molar-refractivity contribution in [2.24, 2.45) is 10.9 Å². The molecule has 29 heavy (non-hydrogen) atoms. The van der Waals surface area contributed by atoms with Gasteiger partial charge in [0.25, 0.3) is 5.91 Å². The van der Waals surface area contributed by atoms with Crippen LogP contribution in [0.2, 0.25) is 5.02 Å². The second-order valence-electron chi connectivity index (χ2n) is 6.87. The molecule has 2 heterocycles. The molecule has 3 aromatic rings. The maximum Gasteiger partial charge on any atom is 0.254 e. The monoisotopic (exact) mass is 430 g/mol. The van der Waals surface area contributed by atoms with Crippen molar-refractivity contribution in [2.75, 3.05) is 6.61 Å². The van der Waals surface area contributed by atoms with E-state index in [1.165, 1.54) is 11.3 Å². The highest BCUT2D eigenvalue weighted by Gasteiger charge is 2.13. The van der Waals surface area contributed by atoms with E-state index < -0.39 is 0 Å². The Morgan fingerprint density at radius 3 is 2.97 bits per heavy atom. The van der Waals surface area contributed by atoms with Crippen LogP contribution >= 0.6 is 22.9 Å². The first kappa shape index (κ1) is 21.1. The molecule has 5 nitrogen and oxygen atoms in total. The molecule has 1 N–H and O–H groups in total. The fourth-order valence-corrected chi connectivity index (χ4v) is 3.45. The molecule has 3 rings (SSSR count). The van der Waals surface area contributed by atoms with Gasteiger partial charge in [-0.25, -0.2) is 4.99 Å². The van der Waals surface area contributed by atoms with Crippen LogP contribution in [0.25, 0.3) is 0 Å². The zero-order chi connectivity index (χ0) is 20.6. The number of thiophene rings is 1. The smallest absolute Gasteiger partial charge is 0.254 e. The van der Waals surface area contributed by atoms with Crippen molar-refractivity contribution >= 4 is 40.1 Å². The lowest BCUT2D eigenvalue weighted by molar-refractivity contribution is 0.0949. The Morgan fingerprint density at radius 2 is 2.21 bits per heavy atom. The van der Waals surface area contributed by atoms with Crippen LogP contribution in [0.5, 0.6) is 5.75 Å². The molecule has 1 amide bonds. The van der Waals surface area contributed by atoms with Gasteiger partial charge < -0.3 is 14.5 Å². The molecule has 0 atom stereocenters. The number of nitrogens with one attached hydrogen (secondary N) is 1. The van der Waals surface area contributed by atoms with Gasteiger partial charge in [-0.15, -0.1) is 11.3 Å². The Kier molecular flexibility index (Phi) is 7.49. The predicted molar refractivity (Wildman–Crippen MR) is 118 cm³/mol. The molecule has 0 aliphatic heterocycles. The van der Waals surface area contributed by atoms with Gasteiger partial charge in [0.15, 0.2) is 0 Å². The van der Waals surface area contributed by atoms with Crippen LogP contribution in [0.3, 0.4) is 0 Å². The SMILES string of the molecule is CC(C)CCOc1ccc(Cl)cc1/C=N/c1sccc1C(=O)NCc1ccco1. The summed E-state index contributed by atoms with van der Waals surface area (Å²) in [6.07, 6.45) is 4.23. The molecule has 0 unspecified atom stereocenters. The van der Waals surface area contributed by atoms with Gasteiger partial charge in [0.2, 0.25) is 0 Å². The summed E-state index contributed by atoms with van der Waals surface area (Å²) in [5.74, 6) is 1.78. The standard InChI is InChI=1S/C22H23ClN2O3S/c1-15(2)7-10-28-20-6-5-17(23)12-16(20)13-25-22-19(8-11-29-22)21(26)24-14-18-4-3-9-27-18/h3-6,8-9,11-13,15H,7,10,14H2,1-2H3,(H,24,26)/b25-13+. The van der Waals surface area contributed by atoms with Crippen molar-refractivity contribution < 1.29 is 13.9 Å². The zero-order valence-electron chi connectivity index (χ0n) is 16.4. The fourth-order valence-electron chi connectivity index (χ4n) is 2.53. The van der Waals surface area contributed by atoms with Crippen molar-refractivity contribution in [3.05, 3.63) is 70.0 Å². The molecule has 0 radical (unpaired) electrons. The van der Waals surface area contributed by atoms with Crippen LogP contribution in [0, 0.1) is 5.92 Å². The molecule has 0 spiro atoms.